The lowest BCUT2D eigenvalue weighted by atomic mass is 9.99. The summed E-state index contributed by atoms with van der Waals surface area (Å²) in [5.41, 5.74) is 0.478. The molecule has 0 radical (unpaired) electrons. The van der Waals surface area contributed by atoms with E-state index >= 15 is 0 Å². The molecule has 0 aliphatic carbocycles. The van der Waals surface area contributed by atoms with Crippen molar-refractivity contribution in [2.24, 2.45) is 0 Å². The van der Waals surface area contributed by atoms with Gasteiger partial charge in [-0.25, -0.2) is 0 Å². The summed E-state index contributed by atoms with van der Waals surface area (Å²) in [5, 5.41) is 41.0. The lowest BCUT2D eigenvalue weighted by Crippen LogP contribution is -2.60. The number of fused-ring (bicyclic) bond motifs is 1. The highest BCUT2D eigenvalue weighted by Gasteiger charge is 2.46. The van der Waals surface area contributed by atoms with Gasteiger partial charge in [0.05, 0.1) is 12.3 Å². The van der Waals surface area contributed by atoms with Crippen LogP contribution in [0.25, 0.3) is 0 Å². The molecule has 23 heavy (non-hydrogen) atoms. The highest BCUT2D eigenvalue weighted by Crippen LogP contribution is 2.31. The maximum Gasteiger partial charge on any atom is 0.294 e. The largest absolute Gasteiger partial charge is 0.453 e. The van der Waals surface area contributed by atoms with Crippen LogP contribution in [0.2, 0.25) is 0 Å². The molecule has 3 rings (SSSR count). The number of carbonyl (C=O) groups excluding carboxylic acids is 1. The van der Waals surface area contributed by atoms with Gasteiger partial charge in [-0.05, 0) is 12.1 Å². The number of aliphatic hydroxyl groups excluding tert-OH is 4. The minimum absolute atomic E-state index is 0.377. The fourth-order valence-corrected chi connectivity index (χ4v) is 2.42. The fourth-order valence-electron chi connectivity index (χ4n) is 2.42. The predicted octanol–water partition coefficient (Wildman–Crippen LogP) is -1.84. The molecule has 1 amide bonds. The maximum absolute atomic E-state index is 12.0. The molecule has 0 bridgehead atoms. The van der Waals surface area contributed by atoms with Gasteiger partial charge in [0, 0.05) is 0 Å². The number of nitrogens with one attached hydrogen (secondary N) is 1. The third-order valence-corrected chi connectivity index (χ3v) is 3.70. The van der Waals surface area contributed by atoms with Gasteiger partial charge in [0.15, 0.2) is 6.29 Å². The molecule has 2 heterocycles. The Balaban J connectivity index is 1.72. The molecule has 0 spiro atoms. The summed E-state index contributed by atoms with van der Waals surface area (Å²) in [6, 6.07) is 6.71. The molecular weight excluding hydrogens is 310 g/mol. The molecule has 9 nitrogen and oxygen atoms in total. The Morgan fingerprint density at radius 2 is 1.87 bits per heavy atom. The van der Waals surface area contributed by atoms with Crippen LogP contribution in [0.5, 0.6) is 5.75 Å². The Labute approximate surface area is 131 Å². The van der Waals surface area contributed by atoms with Crippen LogP contribution in [0.3, 0.4) is 0 Å². The van der Waals surface area contributed by atoms with E-state index in [4.69, 9.17) is 19.3 Å². The van der Waals surface area contributed by atoms with E-state index < -0.39 is 49.5 Å². The monoisotopic (exact) mass is 327 g/mol. The number of carbonyl (C=O) groups is 1. The molecule has 9 heteroatoms. The highest BCUT2D eigenvalue weighted by atomic mass is 16.8. The van der Waals surface area contributed by atoms with Crippen molar-refractivity contribution in [1.29, 1.82) is 0 Å². The third kappa shape index (κ3) is 3.02. The quantitative estimate of drug-likeness (QED) is 0.437. The summed E-state index contributed by atoms with van der Waals surface area (Å²) in [4.78, 5) is 12.0. The Hall–Kier alpha value is -1.75. The van der Waals surface area contributed by atoms with Crippen LogP contribution in [0, 0.1) is 0 Å². The Bertz CT molecular complexity index is 580. The van der Waals surface area contributed by atoms with Gasteiger partial charge in [0.2, 0.25) is 0 Å². The molecule has 126 valence electrons. The van der Waals surface area contributed by atoms with Gasteiger partial charge < -0.3 is 40.0 Å². The standard InChI is InChI=1S/C14H17NO8/c16-5-8-9(17)10(18)11(19)13(22-8)23-14-12(20)15-6-3-1-2-4-7(6)21-14/h1-4,8-11,13-14,16-19H,5H2,(H,15,20)/t8-,9-,10+,11-,13-,14+/m1/s1. The first kappa shape index (κ1) is 16.1. The molecule has 2 aliphatic rings. The van der Waals surface area contributed by atoms with Crippen LogP contribution in [0.4, 0.5) is 5.69 Å². The van der Waals surface area contributed by atoms with Crippen LogP contribution in [-0.4, -0.2) is 69.9 Å². The number of aliphatic hydroxyl groups is 4. The molecule has 0 aromatic heterocycles. The topological polar surface area (TPSA) is 138 Å². The van der Waals surface area contributed by atoms with Gasteiger partial charge in [-0.1, -0.05) is 12.1 Å². The van der Waals surface area contributed by atoms with Crippen molar-refractivity contribution >= 4 is 11.6 Å². The lowest BCUT2D eigenvalue weighted by molar-refractivity contribution is -0.322. The molecule has 1 saturated heterocycles. The number of hydrogen-bond acceptors (Lipinski definition) is 8. The van der Waals surface area contributed by atoms with E-state index in [-0.39, 0.29) is 0 Å². The van der Waals surface area contributed by atoms with Crippen LogP contribution in [-0.2, 0) is 14.3 Å². The van der Waals surface area contributed by atoms with Crippen molar-refractivity contribution in [3.8, 4) is 5.75 Å². The predicted molar refractivity (Wildman–Crippen MR) is 74.3 cm³/mol. The Morgan fingerprint density at radius 3 is 2.61 bits per heavy atom. The van der Waals surface area contributed by atoms with Gasteiger partial charge >= 0.3 is 0 Å². The molecule has 1 aromatic rings. The fraction of sp³-hybridized carbons (Fsp3) is 0.500. The van der Waals surface area contributed by atoms with Crippen molar-refractivity contribution in [3.05, 3.63) is 24.3 Å². The number of hydrogen-bond donors (Lipinski definition) is 5. The molecule has 0 saturated carbocycles. The minimum atomic E-state index is -1.61. The average Bonchev–Trinajstić information content (AvgIpc) is 2.56. The number of benzene rings is 1. The first-order valence-electron chi connectivity index (χ1n) is 7.04. The molecule has 0 unspecified atom stereocenters. The number of amides is 1. The van der Waals surface area contributed by atoms with E-state index in [1.54, 1.807) is 24.3 Å². The van der Waals surface area contributed by atoms with E-state index in [2.05, 4.69) is 5.32 Å². The zero-order chi connectivity index (χ0) is 16.6. The van der Waals surface area contributed by atoms with Crippen molar-refractivity contribution in [3.63, 3.8) is 0 Å². The van der Waals surface area contributed by atoms with E-state index in [9.17, 15) is 20.1 Å². The first-order valence-corrected chi connectivity index (χ1v) is 7.04. The van der Waals surface area contributed by atoms with Gasteiger partial charge in [-0.2, -0.15) is 0 Å². The minimum Gasteiger partial charge on any atom is -0.453 e. The summed E-state index contributed by atoms with van der Waals surface area (Å²) in [6.45, 7) is -0.592. The summed E-state index contributed by atoms with van der Waals surface area (Å²) >= 11 is 0. The second kappa shape index (κ2) is 6.40. The zero-order valence-corrected chi connectivity index (χ0v) is 11.9. The molecule has 5 N–H and O–H groups in total. The van der Waals surface area contributed by atoms with Crippen LogP contribution >= 0.6 is 0 Å². The summed E-state index contributed by atoms with van der Waals surface area (Å²) in [5.74, 6) is -0.234. The number of ether oxygens (including phenoxy) is 3. The smallest absolute Gasteiger partial charge is 0.294 e. The Morgan fingerprint density at radius 1 is 1.13 bits per heavy atom. The molecule has 2 aliphatic heterocycles. The van der Waals surface area contributed by atoms with E-state index in [1.807, 2.05) is 0 Å². The van der Waals surface area contributed by atoms with Gasteiger partial charge in [-0.3, -0.25) is 4.79 Å². The van der Waals surface area contributed by atoms with E-state index in [0.717, 1.165) is 0 Å². The molecule has 1 fully saturated rings. The maximum atomic E-state index is 12.0. The van der Waals surface area contributed by atoms with E-state index in [0.29, 0.717) is 11.4 Å². The van der Waals surface area contributed by atoms with Crippen molar-refractivity contribution in [2.45, 2.75) is 37.0 Å². The number of anilines is 1. The average molecular weight is 327 g/mol. The second-order valence-electron chi connectivity index (χ2n) is 5.27. The SMILES string of the molecule is O=C1Nc2ccccc2O[C@H]1O[C@H]1O[C@H](CO)[C@@H](O)[C@H](O)[C@H]1O. The lowest BCUT2D eigenvalue weighted by Gasteiger charge is -2.40. The summed E-state index contributed by atoms with van der Waals surface area (Å²) < 4.78 is 15.8. The summed E-state index contributed by atoms with van der Waals surface area (Å²) in [7, 11) is 0. The summed E-state index contributed by atoms with van der Waals surface area (Å²) in [6.07, 6.45) is -8.70. The van der Waals surface area contributed by atoms with Crippen molar-refractivity contribution in [1.82, 2.24) is 0 Å². The van der Waals surface area contributed by atoms with Crippen molar-refractivity contribution < 1.29 is 39.4 Å². The van der Waals surface area contributed by atoms with Crippen LogP contribution in [0.15, 0.2) is 24.3 Å². The Kier molecular flexibility index (Phi) is 4.48. The molecule has 1 aromatic carbocycles. The van der Waals surface area contributed by atoms with Crippen LogP contribution in [0.1, 0.15) is 0 Å². The van der Waals surface area contributed by atoms with Gasteiger partial charge in [-0.15, -0.1) is 0 Å². The first-order chi connectivity index (χ1) is 11.0. The number of para-hydroxylation sites is 2. The normalized spacial score (nSPS) is 36.8. The highest BCUT2D eigenvalue weighted by molar-refractivity contribution is 5.96. The second-order valence-corrected chi connectivity index (χ2v) is 5.27. The van der Waals surface area contributed by atoms with Gasteiger partial charge in [0.1, 0.15) is 30.2 Å². The molecular formula is C14H17NO8. The molecule has 6 atom stereocenters. The number of rotatable bonds is 3. The van der Waals surface area contributed by atoms with Crippen LogP contribution < -0.4 is 10.1 Å². The van der Waals surface area contributed by atoms with Crippen molar-refractivity contribution in [2.75, 3.05) is 11.9 Å². The zero-order valence-electron chi connectivity index (χ0n) is 11.9. The third-order valence-electron chi connectivity index (χ3n) is 3.70. The van der Waals surface area contributed by atoms with Gasteiger partial charge in [0.25, 0.3) is 12.2 Å². The van der Waals surface area contributed by atoms with E-state index in [1.165, 1.54) is 0 Å².